The molecular weight excluding hydrogens is 283 g/mol. The molecule has 0 unspecified atom stereocenters. The molecular formula is C16H19FN4O. The smallest absolute Gasteiger partial charge is 0.234 e. The van der Waals surface area contributed by atoms with Crippen molar-refractivity contribution in [1.82, 2.24) is 20.2 Å². The number of halogens is 1. The van der Waals surface area contributed by atoms with Gasteiger partial charge in [0.2, 0.25) is 5.91 Å². The topological polar surface area (TPSA) is 59.0 Å². The van der Waals surface area contributed by atoms with Gasteiger partial charge in [0.05, 0.1) is 18.6 Å². The Balaban J connectivity index is 1.49. The number of benzene rings is 1. The maximum Gasteiger partial charge on any atom is 0.234 e. The maximum absolute atomic E-state index is 14.1. The first-order valence-corrected chi connectivity index (χ1v) is 7.46. The molecule has 0 saturated heterocycles. The molecule has 0 bridgehead atoms. The number of carbonyl (C=O) groups is 1. The molecule has 1 aromatic heterocycles. The van der Waals surface area contributed by atoms with Crippen LogP contribution in [0.4, 0.5) is 4.39 Å². The van der Waals surface area contributed by atoms with E-state index in [4.69, 9.17) is 0 Å². The molecule has 0 atom stereocenters. The first-order valence-electron chi connectivity index (χ1n) is 7.46. The van der Waals surface area contributed by atoms with E-state index in [0.29, 0.717) is 18.8 Å². The van der Waals surface area contributed by atoms with Crippen LogP contribution < -0.4 is 10.6 Å². The number of nitrogens with zero attached hydrogens (tertiary/aromatic N) is 2. The van der Waals surface area contributed by atoms with Crippen molar-refractivity contribution in [2.75, 3.05) is 13.1 Å². The number of nitrogens with one attached hydrogen (secondary N) is 2. The van der Waals surface area contributed by atoms with Crippen molar-refractivity contribution >= 4 is 5.91 Å². The summed E-state index contributed by atoms with van der Waals surface area (Å²) >= 11 is 0. The van der Waals surface area contributed by atoms with Gasteiger partial charge in [-0.3, -0.25) is 4.79 Å². The van der Waals surface area contributed by atoms with Crippen molar-refractivity contribution in [2.45, 2.75) is 19.4 Å². The minimum Gasteiger partial charge on any atom is -0.351 e. The van der Waals surface area contributed by atoms with Gasteiger partial charge in [-0.25, -0.2) is 9.37 Å². The molecule has 0 aliphatic heterocycles. The van der Waals surface area contributed by atoms with Gasteiger partial charge in [0, 0.05) is 18.9 Å². The lowest BCUT2D eigenvalue weighted by molar-refractivity contribution is -0.120. The van der Waals surface area contributed by atoms with E-state index in [0.717, 1.165) is 18.0 Å². The highest BCUT2D eigenvalue weighted by atomic mass is 19.1. The van der Waals surface area contributed by atoms with Gasteiger partial charge in [0.1, 0.15) is 5.82 Å². The molecule has 22 heavy (non-hydrogen) atoms. The van der Waals surface area contributed by atoms with E-state index < -0.39 is 0 Å². The van der Waals surface area contributed by atoms with Crippen LogP contribution in [0.3, 0.4) is 0 Å². The molecule has 1 fully saturated rings. The molecule has 6 heteroatoms. The monoisotopic (exact) mass is 302 g/mol. The lowest BCUT2D eigenvalue weighted by atomic mass is 10.2. The molecule has 3 rings (SSSR count). The van der Waals surface area contributed by atoms with Gasteiger partial charge in [0.15, 0.2) is 0 Å². The Morgan fingerprint density at radius 3 is 2.95 bits per heavy atom. The predicted octanol–water partition coefficient (Wildman–Crippen LogP) is 1.63. The zero-order chi connectivity index (χ0) is 15.4. The van der Waals surface area contributed by atoms with Crippen molar-refractivity contribution in [1.29, 1.82) is 0 Å². The van der Waals surface area contributed by atoms with Crippen LogP contribution in [0.5, 0.6) is 0 Å². The highest BCUT2D eigenvalue weighted by molar-refractivity contribution is 5.77. The third kappa shape index (κ3) is 3.92. The van der Waals surface area contributed by atoms with Gasteiger partial charge >= 0.3 is 0 Å². The minimum absolute atomic E-state index is 0.0697. The van der Waals surface area contributed by atoms with Crippen LogP contribution in [0.1, 0.15) is 18.4 Å². The van der Waals surface area contributed by atoms with Crippen molar-refractivity contribution in [3.05, 3.63) is 48.3 Å². The zero-order valence-corrected chi connectivity index (χ0v) is 12.3. The van der Waals surface area contributed by atoms with Gasteiger partial charge in [0.25, 0.3) is 0 Å². The van der Waals surface area contributed by atoms with Crippen LogP contribution >= 0.6 is 0 Å². The molecule has 1 heterocycles. The fourth-order valence-electron chi connectivity index (χ4n) is 2.25. The summed E-state index contributed by atoms with van der Waals surface area (Å²) in [4.78, 5) is 15.6. The van der Waals surface area contributed by atoms with Gasteiger partial charge in [-0.1, -0.05) is 6.07 Å². The van der Waals surface area contributed by atoms with Crippen molar-refractivity contribution < 1.29 is 9.18 Å². The molecule has 0 radical (unpaired) electrons. The number of amides is 1. The second-order valence-electron chi connectivity index (χ2n) is 5.61. The molecule has 2 N–H and O–H groups in total. The number of imidazole rings is 1. The average Bonchev–Trinajstić information content (AvgIpc) is 3.17. The van der Waals surface area contributed by atoms with Gasteiger partial charge in [-0.05, 0) is 43.0 Å². The van der Waals surface area contributed by atoms with E-state index in [1.807, 2.05) is 0 Å². The second-order valence-corrected chi connectivity index (χ2v) is 5.61. The molecule has 0 spiro atoms. The number of carbonyl (C=O) groups excluding carboxylic acids is 1. The Kier molecular flexibility index (Phi) is 4.48. The predicted molar refractivity (Wildman–Crippen MR) is 81.0 cm³/mol. The first-order chi connectivity index (χ1) is 10.7. The van der Waals surface area contributed by atoms with Gasteiger partial charge in [-0.2, -0.15) is 0 Å². The molecule has 1 aliphatic rings. The van der Waals surface area contributed by atoms with Gasteiger partial charge in [-0.15, -0.1) is 0 Å². The second kappa shape index (κ2) is 6.70. The summed E-state index contributed by atoms with van der Waals surface area (Å²) in [6.45, 7) is 1.54. The number of hydrogen-bond acceptors (Lipinski definition) is 3. The molecule has 2 aromatic rings. The highest BCUT2D eigenvalue weighted by Gasteiger charge is 2.20. The summed E-state index contributed by atoms with van der Waals surface area (Å²) < 4.78 is 15.7. The summed E-state index contributed by atoms with van der Waals surface area (Å²) in [5, 5.41) is 5.91. The van der Waals surface area contributed by atoms with E-state index in [1.54, 1.807) is 35.4 Å². The standard InChI is InChI=1S/C16H19FN4O/c17-14-7-13(3-4-15(14)21-6-5-18-11-21)9-20-16(22)10-19-8-12-1-2-12/h3-7,11-12,19H,1-2,8-10H2,(H,20,22). The van der Waals surface area contributed by atoms with Crippen LogP contribution in [0.2, 0.25) is 0 Å². The van der Waals surface area contributed by atoms with Crippen LogP contribution in [0.15, 0.2) is 36.9 Å². The molecule has 1 aromatic carbocycles. The maximum atomic E-state index is 14.1. The van der Waals surface area contributed by atoms with Crippen LogP contribution in [-0.4, -0.2) is 28.5 Å². The van der Waals surface area contributed by atoms with E-state index in [1.165, 1.54) is 18.9 Å². The number of rotatable bonds is 7. The summed E-state index contributed by atoms with van der Waals surface area (Å²) in [6, 6.07) is 4.92. The lowest BCUT2D eigenvalue weighted by Gasteiger charge is -2.09. The van der Waals surface area contributed by atoms with Crippen molar-refractivity contribution in [3.8, 4) is 5.69 Å². The highest BCUT2D eigenvalue weighted by Crippen LogP contribution is 2.27. The van der Waals surface area contributed by atoms with Crippen LogP contribution in [0.25, 0.3) is 5.69 Å². The third-order valence-electron chi connectivity index (χ3n) is 3.70. The Morgan fingerprint density at radius 1 is 1.41 bits per heavy atom. The first kappa shape index (κ1) is 14.7. The quantitative estimate of drug-likeness (QED) is 0.817. The Morgan fingerprint density at radius 2 is 2.27 bits per heavy atom. The zero-order valence-electron chi connectivity index (χ0n) is 12.3. The fraction of sp³-hybridized carbons (Fsp3) is 0.375. The molecule has 1 amide bonds. The molecule has 1 aliphatic carbocycles. The summed E-state index contributed by atoms with van der Waals surface area (Å²) in [5.74, 6) is 0.342. The third-order valence-corrected chi connectivity index (χ3v) is 3.70. The summed E-state index contributed by atoms with van der Waals surface area (Å²) in [5.41, 5.74) is 1.18. The average molecular weight is 302 g/mol. The van der Waals surface area contributed by atoms with Crippen LogP contribution in [-0.2, 0) is 11.3 Å². The summed E-state index contributed by atoms with van der Waals surface area (Å²) in [7, 11) is 0. The van der Waals surface area contributed by atoms with Crippen LogP contribution in [0, 0.1) is 11.7 Å². The molecule has 5 nitrogen and oxygen atoms in total. The minimum atomic E-state index is -0.336. The molecule has 116 valence electrons. The Labute approximate surface area is 128 Å². The van der Waals surface area contributed by atoms with E-state index >= 15 is 0 Å². The Bertz CT molecular complexity index is 638. The number of hydrogen-bond donors (Lipinski definition) is 2. The SMILES string of the molecule is O=C(CNCC1CC1)NCc1ccc(-n2ccnc2)c(F)c1. The normalized spacial score (nSPS) is 14.0. The fourth-order valence-corrected chi connectivity index (χ4v) is 2.25. The van der Waals surface area contributed by atoms with E-state index in [-0.39, 0.29) is 11.7 Å². The lowest BCUT2D eigenvalue weighted by Crippen LogP contribution is -2.34. The van der Waals surface area contributed by atoms with Gasteiger partial charge < -0.3 is 15.2 Å². The van der Waals surface area contributed by atoms with Crippen molar-refractivity contribution in [3.63, 3.8) is 0 Å². The molecule has 1 saturated carbocycles. The van der Waals surface area contributed by atoms with E-state index in [2.05, 4.69) is 15.6 Å². The summed E-state index contributed by atoms with van der Waals surface area (Å²) in [6.07, 6.45) is 7.35. The largest absolute Gasteiger partial charge is 0.351 e. The Hall–Kier alpha value is -2.21. The van der Waals surface area contributed by atoms with Crippen molar-refractivity contribution in [2.24, 2.45) is 5.92 Å². The van der Waals surface area contributed by atoms with E-state index in [9.17, 15) is 9.18 Å². The number of aromatic nitrogens is 2.